The van der Waals surface area contributed by atoms with Crippen LogP contribution >= 0.6 is 0 Å². The number of ether oxygens (including phenoxy) is 2. The van der Waals surface area contributed by atoms with Crippen molar-refractivity contribution in [3.63, 3.8) is 0 Å². The molecule has 0 amide bonds. The maximum Gasteiger partial charge on any atom is 0.157 e. The number of nitrogens with zero attached hydrogens (tertiary/aromatic N) is 6. The third-order valence-corrected chi connectivity index (χ3v) is 11.3. The Kier molecular flexibility index (Phi) is 6.74. The van der Waals surface area contributed by atoms with Gasteiger partial charge in [-0.1, -0.05) is 19.6 Å². The summed E-state index contributed by atoms with van der Waals surface area (Å²) in [5, 5.41) is 9.35. The van der Waals surface area contributed by atoms with Gasteiger partial charge in [0, 0.05) is 46.3 Å². The van der Waals surface area contributed by atoms with Gasteiger partial charge in [-0.3, -0.25) is 4.68 Å². The normalized spacial score (nSPS) is 20.1. The number of aromatic nitrogens is 5. The molecule has 0 aromatic carbocycles. The molecule has 4 heterocycles. The number of morpholine rings is 1. The lowest BCUT2D eigenvalue weighted by Crippen LogP contribution is -2.44. The minimum absolute atomic E-state index is 0.130. The minimum Gasteiger partial charge on any atom is -0.377 e. The first-order chi connectivity index (χ1) is 17.4. The van der Waals surface area contributed by atoms with E-state index >= 15 is 0 Å². The van der Waals surface area contributed by atoms with E-state index in [0.717, 1.165) is 28.6 Å². The molecule has 1 atom stereocenters. The lowest BCUT2D eigenvalue weighted by Gasteiger charge is -2.34. The first kappa shape index (κ1) is 26.3. The Bertz CT molecular complexity index is 1410. The smallest absolute Gasteiger partial charge is 0.157 e. The zero-order valence-corrected chi connectivity index (χ0v) is 24.5. The Hall–Kier alpha value is -2.28. The van der Waals surface area contributed by atoms with E-state index in [-0.39, 0.29) is 6.04 Å². The maximum atomic E-state index is 13.0. The number of rotatable bonds is 9. The SMILES string of the molecule is C[C@@H]1COCCN1c1cc(C2(S(C)(=O)=O)CC2)c2c(n1)c(-c1ccnn1COCC[Si](C)(C)C)nn2C. The number of hydrogen-bond acceptors (Lipinski definition) is 8. The molecule has 3 aromatic heterocycles. The van der Waals surface area contributed by atoms with Gasteiger partial charge in [0.15, 0.2) is 9.84 Å². The summed E-state index contributed by atoms with van der Waals surface area (Å²) >= 11 is 0. The van der Waals surface area contributed by atoms with Gasteiger partial charge in [0.2, 0.25) is 0 Å². The lowest BCUT2D eigenvalue weighted by molar-refractivity contribution is 0.0797. The molecule has 0 radical (unpaired) electrons. The van der Waals surface area contributed by atoms with Crippen molar-refractivity contribution >= 4 is 34.8 Å². The highest BCUT2D eigenvalue weighted by molar-refractivity contribution is 7.92. The fourth-order valence-corrected chi connectivity index (χ4v) is 7.27. The standard InChI is InChI=1S/C25H38N6O4SSi/c1-18-16-34-12-11-30(18)21-15-19(25(8-9-25)36(3,32)33)24-23(27-21)22(28-29(24)2)20-7-10-26-31(20)17-35-13-14-37(4,5)6/h7,10,15,18H,8-9,11-14,16-17H2,1-6H3/t18-/m1/s1. The Morgan fingerprint density at radius 3 is 2.68 bits per heavy atom. The molecular formula is C25H38N6O4SSi. The quantitative estimate of drug-likeness (QED) is 0.297. The monoisotopic (exact) mass is 546 g/mol. The van der Waals surface area contributed by atoms with Gasteiger partial charge in [0.05, 0.1) is 35.2 Å². The molecule has 12 heteroatoms. The Balaban J connectivity index is 1.61. The van der Waals surface area contributed by atoms with Crippen LogP contribution in [0.15, 0.2) is 18.3 Å². The highest BCUT2D eigenvalue weighted by atomic mass is 32.2. The van der Waals surface area contributed by atoms with Crippen molar-refractivity contribution in [1.82, 2.24) is 24.5 Å². The molecule has 10 nitrogen and oxygen atoms in total. The fraction of sp³-hybridized carbons (Fsp3) is 0.640. The molecule has 0 N–H and O–H groups in total. The van der Waals surface area contributed by atoms with Crippen molar-refractivity contribution in [1.29, 1.82) is 0 Å². The molecular weight excluding hydrogens is 508 g/mol. The third-order valence-electron chi connectivity index (χ3n) is 7.51. The molecule has 1 saturated heterocycles. The predicted molar refractivity (Wildman–Crippen MR) is 147 cm³/mol. The maximum absolute atomic E-state index is 13.0. The van der Waals surface area contributed by atoms with Crippen LogP contribution < -0.4 is 4.90 Å². The van der Waals surface area contributed by atoms with Gasteiger partial charge in [0.1, 0.15) is 23.8 Å². The largest absolute Gasteiger partial charge is 0.377 e. The molecule has 5 rings (SSSR count). The summed E-state index contributed by atoms with van der Waals surface area (Å²) in [6.07, 6.45) is 4.29. The van der Waals surface area contributed by atoms with E-state index in [2.05, 4.69) is 36.6 Å². The van der Waals surface area contributed by atoms with Crippen LogP contribution in [0.2, 0.25) is 25.7 Å². The van der Waals surface area contributed by atoms with Crippen molar-refractivity contribution in [3.05, 3.63) is 23.9 Å². The number of pyridine rings is 1. The average molecular weight is 547 g/mol. The second-order valence-corrected chi connectivity index (χ2v) is 19.6. The van der Waals surface area contributed by atoms with Crippen molar-refractivity contribution in [2.24, 2.45) is 7.05 Å². The predicted octanol–water partition coefficient (Wildman–Crippen LogP) is 3.40. The van der Waals surface area contributed by atoms with Gasteiger partial charge in [-0.25, -0.2) is 18.1 Å². The summed E-state index contributed by atoms with van der Waals surface area (Å²) in [7, 11) is -2.68. The van der Waals surface area contributed by atoms with E-state index in [4.69, 9.17) is 19.6 Å². The highest BCUT2D eigenvalue weighted by Crippen LogP contribution is 2.55. The van der Waals surface area contributed by atoms with Crippen LogP contribution in [0.1, 0.15) is 25.3 Å². The molecule has 1 aliphatic heterocycles. The van der Waals surface area contributed by atoms with Crippen molar-refractivity contribution in [3.8, 4) is 11.4 Å². The summed E-state index contributed by atoms with van der Waals surface area (Å²) in [6, 6.07) is 5.10. The first-order valence-corrected chi connectivity index (χ1v) is 18.5. The fourth-order valence-electron chi connectivity index (χ4n) is 5.12. The molecule has 2 aliphatic rings. The zero-order valence-electron chi connectivity index (χ0n) is 22.7. The Morgan fingerprint density at radius 1 is 1.27 bits per heavy atom. The van der Waals surface area contributed by atoms with Crippen LogP contribution in [0.4, 0.5) is 5.82 Å². The van der Waals surface area contributed by atoms with Crippen molar-refractivity contribution < 1.29 is 17.9 Å². The van der Waals surface area contributed by atoms with Crippen LogP contribution in [0.25, 0.3) is 22.4 Å². The number of hydrogen-bond donors (Lipinski definition) is 0. The van der Waals surface area contributed by atoms with E-state index < -0.39 is 22.7 Å². The molecule has 202 valence electrons. The second-order valence-electron chi connectivity index (χ2n) is 11.6. The van der Waals surface area contributed by atoms with Crippen LogP contribution in [0.3, 0.4) is 0 Å². The van der Waals surface area contributed by atoms with E-state index in [0.29, 0.717) is 57.1 Å². The van der Waals surface area contributed by atoms with Gasteiger partial charge in [0.25, 0.3) is 0 Å². The molecule has 3 aromatic rings. The average Bonchev–Trinajstić information content (AvgIpc) is 3.42. The van der Waals surface area contributed by atoms with Gasteiger partial charge < -0.3 is 14.4 Å². The second kappa shape index (κ2) is 9.48. The van der Waals surface area contributed by atoms with Crippen LogP contribution in [-0.4, -0.2) is 79.7 Å². The van der Waals surface area contributed by atoms with Gasteiger partial charge in [-0.15, -0.1) is 0 Å². The molecule has 2 fully saturated rings. The van der Waals surface area contributed by atoms with E-state index in [1.807, 2.05) is 19.2 Å². The van der Waals surface area contributed by atoms with Gasteiger partial charge in [-0.05, 0) is 37.9 Å². The van der Waals surface area contributed by atoms with E-state index in [9.17, 15) is 8.42 Å². The summed E-state index contributed by atoms with van der Waals surface area (Å²) in [5.74, 6) is 0.764. The number of anilines is 1. The van der Waals surface area contributed by atoms with Gasteiger partial charge >= 0.3 is 0 Å². The van der Waals surface area contributed by atoms with Crippen LogP contribution in [0.5, 0.6) is 0 Å². The Labute approximate surface area is 219 Å². The minimum atomic E-state index is -3.34. The number of aryl methyl sites for hydroxylation is 1. The first-order valence-electron chi connectivity index (χ1n) is 12.9. The molecule has 1 saturated carbocycles. The third kappa shape index (κ3) is 4.96. The molecule has 0 unspecified atom stereocenters. The lowest BCUT2D eigenvalue weighted by atomic mass is 10.1. The summed E-state index contributed by atoms with van der Waals surface area (Å²) in [5.41, 5.74) is 3.71. The molecule has 0 bridgehead atoms. The summed E-state index contributed by atoms with van der Waals surface area (Å²) < 4.78 is 40.3. The van der Waals surface area contributed by atoms with E-state index in [1.165, 1.54) is 6.26 Å². The van der Waals surface area contributed by atoms with Crippen LogP contribution in [-0.2, 0) is 37.8 Å². The summed E-state index contributed by atoms with van der Waals surface area (Å²) in [6.45, 7) is 12.0. The van der Waals surface area contributed by atoms with E-state index in [1.54, 1.807) is 15.6 Å². The highest BCUT2D eigenvalue weighted by Gasteiger charge is 2.55. The zero-order chi connectivity index (χ0) is 26.6. The van der Waals surface area contributed by atoms with Gasteiger partial charge in [-0.2, -0.15) is 10.2 Å². The molecule has 1 aliphatic carbocycles. The number of sulfone groups is 1. The number of fused-ring (bicyclic) bond motifs is 1. The molecule has 0 spiro atoms. The van der Waals surface area contributed by atoms with Crippen molar-refractivity contribution in [2.45, 2.75) is 63.0 Å². The summed E-state index contributed by atoms with van der Waals surface area (Å²) in [4.78, 5) is 7.30. The molecule has 37 heavy (non-hydrogen) atoms. The van der Waals surface area contributed by atoms with Crippen molar-refractivity contribution in [2.75, 3.05) is 37.5 Å². The van der Waals surface area contributed by atoms with Crippen LogP contribution in [0, 0.1) is 0 Å². The topological polar surface area (TPSA) is 104 Å². The Morgan fingerprint density at radius 2 is 2.03 bits per heavy atom.